The summed E-state index contributed by atoms with van der Waals surface area (Å²) in [6, 6.07) is 0. The number of hydrogen-bond acceptors (Lipinski definition) is 9. The van der Waals surface area contributed by atoms with Crippen LogP contribution in [0, 0.1) is 11.8 Å². The molecule has 4 aliphatic heterocycles. The van der Waals surface area contributed by atoms with Gasteiger partial charge in [-0.05, 0) is 24.7 Å². The lowest BCUT2D eigenvalue weighted by molar-refractivity contribution is -0.517. The minimum Gasteiger partial charge on any atom is -0.368 e. The van der Waals surface area contributed by atoms with Crippen molar-refractivity contribution < 1.29 is 49.6 Å². The van der Waals surface area contributed by atoms with E-state index in [0.717, 1.165) is 51.4 Å². The maximum absolute atomic E-state index is 13.1. The van der Waals surface area contributed by atoms with Crippen molar-refractivity contribution in [2.24, 2.45) is 11.8 Å². The lowest BCUT2D eigenvalue weighted by Crippen LogP contribution is -2.82. The first-order valence-electron chi connectivity index (χ1n) is 16.5. The van der Waals surface area contributed by atoms with E-state index >= 15 is 0 Å². The summed E-state index contributed by atoms with van der Waals surface area (Å²) in [6.45, 7) is 9.27. The molecule has 43 heavy (non-hydrogen) atoms. The molecule has 0 spiro atoms. The SMILES string of the molecule is CCCCC(CC)CC(C1(C2(OC3(C4(C(CC(CC)CCCC)S(=O)(=O)O)CCO4)CCO3)CCO2)CCO1)S(=O)(=O)O. The minimum atomic E-state index is -4.61. The fourth-order valence-electron chi connectivity index (χ4n) is 7.76. The van der Waals surface area contributed by atoms with Crippen molar-refractivity contribution >= 4 is 20.2 Å². The molecule has 4 fully saturated rings. The topological polar surface area (TPSA) is 155 Å². The first kappa shape index (κ1) is 35.5. The lowest BCUT2D eigenvalue weighted by Gasteiger charge is -2.67. The van der Waals surface area contributed by atoms with Crippen molar-refractivity contribution in [1.29, 1.82) is 0 Å². The van der Waals surface area contributed by atoms with E-state index in [1.165, 1.54) is 0 Å². The van der Waals surface area contributed by atoms with E-state index < -0.39 is 53.5 Å². The molecule has 4 saturated heterocycles. The van der Waals surface area contributed by atoms with Crippen LogP contribution in [0.2, 0.25) is 0 Å². The molecule has 11 nitrogen and oxygen atoms in total. The average molecular weight is 655 g/mol. The number of hydrogen-bond donors (Lipinski definition) is 2. The Labute approximate surface area is 258 Å². The molecule has 252 valence electrons. The van der Waals surface area contributed by atoms with Gasteiger partial charge in [-0.25, -0.2) is 0 Å². The zero-order valence-corrected chi connectivity index (χ0v) is 28.1. The third-order valence-corrected chi connectivity index (χ3v) is 13.3. The highest BCUT2D eigenvalue weighted by atomic mass is 32.2. The van der Waals surface area contributed by atoms with Gasteiger partial charge < -0.3 is 23.7 Å². The number of ether oxygens (including phenoxy) is 5. The Hall–Kier alpha value is -0.380. The Morgan fingerprint density at radius 1 is 0.628 bits per heavy atom. The van der Waals surface area contributed by atoms with E-state index in [1.54, 1.807) is 0 Å². The van der Waals surface area contributed by atoms with Gasteiger partial charge in [-0.2, -0.15) is 16.8 Å². The van der Waals surface area contributed by atoms with E-state index in [0.29, 0.717) is 0 Å². The zero-order valence-electron chi connectivity index (χ0n) is 26.4. The van der Waals surface area contributed by atoms with E-state index in [-0.39, 0.29) is 76.8 Å². The molecule has 0 aromatic rings. The van der Waals surface area contributed by atoms with E-state index in [2.05, 4.69) is 13.8 Å². The minimum absolute atomic E-state index is 0.0401. The van der Waals surface area contributed by atoms with Crippen molar-refractivity contribution in [1.82, 2.24) is 0 Å². The van der Waals surface area contributed by atoms with Crippen LogP contribution in [0.1, 0.15) is 118 Å². The van der Waals surface area contributed by atoms with Gasteiger partial charge in [-0.3, -0.25) is 9.11 Å². The summed E-state index contributed by atoms with van der Waals surface area (Å²) in [6.07, 6.45) is 8.42. The first-order chi connectivity index (χ1) is 20.3. The van der Waals surface area contributed by atoms with Crippen molar-refractivity contribution in [3.05, 3.63) is 0 Å². The third kappa shape index (κ3) is 6.58. The average Bonchev–Trinajstić information content (AvgIpc) is 2.84. The zero-order chi connectivity index (χ0) is 31.6. The van der Waals surface area contributed by atoms with Gasteiger partial charge >= 0.3 is 0 Å². The van der Waals surface area contributed by atoms with Gasteiger partial charge in [-0.1, -0.05) is 79.1 Å². The van der Waals surface area contributed by atoms with E-state index in [4.69, 9.17) is 23.7 Å². The molecule has 0 bridgehead atoms. The molecule has 8 unspecified atom stereocenters. The summed E-state index contributed by atoms with van der Waals surface area (Å²) < 4.78 is 105. The highest BCUT2D eigenvalue weighted by Gasteiger charge is 2.76. The number of rotatable bonds is 20. The van der Waals surface area contributed by atoms with Gasteiger partial charge in [0.25, 0.3) is 20.2 Å². The standard InChI is InChI=1S/C30H54O11S2/c1-5-9-11-23(7-3)21-25(42(31,32)33)27(13-17-37-27)29(15-19-39-29)41-30(16-20-40-30)28(14-18-38-28)26(43(34,35)36)22-24(8-4)12-10-6-2/h23-26H,5-22H2,1-4H3,(H,31,32,33)(H,34,35,36). The predicted octanol–water partition coefficient (Wildman–Crippen LogP) is 5.28. The molecule has 4 heterocycles. The van der Waals surface area contributed by atoms with Crippen molar-refractivity contribution in [3.8, 4) is 0 Å². The normalized spacial score (nSPS) is 35.5. The molecule has 4 aliphatic rings. The van der Waals surface area contributed by atoms with Crippen molar-refractivity contribution in [2.75, 3.05) is 26.4 Å². The van der Waals surface area contributed by atoms with Gasteiger partial charge in [0.15, 0.2) is 0 Å². The second-order valence-electron chi connectivity index (χ2n) is 13.1. The highest BCUT2D eigenvalue weighted by molar-refractivity contribution is 7.86. The molecule has 0 aromatic heterocycles. The number of unbranched alkanes of at least 4 members (excludes halogenated alkanes) is 2. The summed E-state index contributed by atoms with van der Waals surface area (Å²) in [7, 11) is -9.21. The first-order valence-corrected chi connectivity index (χ1v) is 19.5. The van der Waals surface area contributed by atoms with Crippen molar-refractivity contribution in [3.63, 3.8) is 0 Å². The molecule has 8 atom stereocenters. The second-order valence-corrected chi connectivity index (χ2v) is 16.3. The summed E-state index contributed by atoms with van der Waals surface area (Å²) in [5, 5.41) is -2.61. The molecule has 13 heteroatoms. The van der Waals surface area contributed by atoms with Gasteiger partial charge in [0, 0.05) is 25.7 Å². The Balaban J connectivity index is 1.71. The van der Waals surface area contributed by atoms with E-state index in [1.807, 2.05) is 13.8 Å². The summed E-state index contributed by atoms with van der Waals surface area (Å²) >= 11 is 0. The van der Waals surface area contributed by atoms with Gasteiger partial charge in [-0.15, -0.1) is 0 Å². The summed E-state index contributed by atoms with van der Waals surface area (Å²) in [4.78, 5) is 0. The fourth-order valence-corrected chi connectivity index (χ4v) is 10.5. The highest BCUT2D eigenvalue weighted by Crippen LogP contribution is 2.60. The van der Waals surface area contributed by atoms with Crippen LogP contribution in [0.3, 0.4) is 0 Å². The Morgan fingerprint density at radius 2 is 0.953 bits per heavy atom. The van der Waals surface area contributed by atoms with Crippen LogP contribution >= 0.6 is 0 Å². The molecule has 0 amide bonds. The molecule has 0 saturated carbocycles. The molecule has 2 N–H and O–H groups in total. The maximum atomic E-state index is 13.1. The van der Waals surface area contributed by atoms with Gasteiger partial charge in [0.2, 0.25) is 11.6 Å². The Bertz CT molecular complexity index is 1030. The molecule has 0 radical (unpaired) electrons. The van der Waals surface area contributed by atoms with Crippen LogP contribution < -0.4 is 0 Å². The van der Waals surface area contributed by atoms with Gasteiger partial charge in [0.05, 0.1) is 26.4 Å². The Morgan fingerprint density at radius 3 is 1.14 bits per heavy atom. The van der Waals surface area contributed by atoms with Crippen LogP contribution in [0.5, 0.6) is 0 Å². The summed E-state index contributed by atoms with van der Waals surface area (Å²) in [5.41, 5.74) is -3.01. The Kier molecular flexibility index (Phi) is 11.4. The molecule has 4 rings (SSSR count). The molecule has 0 aromatic carbocycles. The quantitative estimate of drug-likeness (QED) is 0.165. The predicted molar refractivity (Wildman–Crippen MR) is 161 cm³/mol. The summed E-state index contributed by atoms with van der Waals surface area (Å²) in [5.74, 6) is -3.12. The third-order valence-electron chi connectivity index (χ3n) is 10.8. The van der Waals surface area contributed by atoms with Crippen LogP contribution in [0.15, 0.2) is 0 Å². The smallest absolute Gasteiger partial charge is 0.270 e. The maximum Gasteiger partial charge on any atom is 0.270 e. The van der Waals surface area contributed by atoms with Crippen LogP contribution in [-0.2, 0) is 43.9 Å². The van der Waals surface area contributed by atoms with Crippen molar-refractivity contribution in [2.45, 2.75) is 151 Å². The monoisotopic (exact) mass is 654 g/mol. The van der Waals surface area contributed by atoms with Crippen LogP contribution in [0.25, 0.3) is 0 Å². The molecule has 0 aliphatic carbocycles. The largest absolute Gasteiger partial charge is 0.368 e. The molecular weight excluding hydrogens is 600 g/mol. The lowest BCUT2D eigenvalue weighted by atomic mass is 9.72. The van der Waals surface area contributed by atoms with Crippen LogP contribution in [0.4, 0.5) is 0 Å². The van der Waals surface area contributed by atoms with Crippen LogP contribution in [-0.4, -0.2) is 85.6 Å². The van der Waals surface area contributed by atoms with Gasteiger partial charge in [0.1, 0.15) is 21.7 Å². The second kappa shape index (κ2) is 13.8. The van der Waals surface area contributed by atoms with E-state index in [9.17, 15) is 25.9 Å². The molecular formula is C30H54O11S2. The fraction of sp³-hybridized carbons (Fsp3) is 1.00.